The van der Waals surface area contributed by atoms with Gasteiger partial charge in [-0.25, -0.2) is 0 Å². The van der Waals surface area contributed by atoms with Crippen molar-refractivity contribution in [1.82, 2.24) is 5.32 Å². The number of unbranched alkanes of at least 4 members (excludes halogenated alkanes) is 43. The molecule has 3 N–H and O–H groups in total. The van der Waals surface area contributed by atoms with Crippen LogP contribution in [-0.2, 0) is 4.79 Å². The van der Waals surface area contributed by atoms with Crippen LogP contribution in [0.2, 0.25) is 0 Å². The summed E-state index contributed by atoms with van der Waals surface area (Å²) in [5, 5.41) is 23.0. The molecular weight excluding hydrogens is 783 g/mol. The highest BCUT2D eigenvalue weighted by atomic mass is 16.3. The lowest BCUT2D eigenvalue weighted by molar-refractivity contribution is -0.123. The van der Waals surface area contributed by atoms with E-state index in [1.807, 2.05) is 6.08 Å². The molecule has 0 aromatic heterocycles. The third-order valence-corrected chi connectivity index (χ3v) is 13.6. The summed E-state index contributed by atoms with van der Waals surface area (Å²) < 4.78 is 0. The lowest BCUT2D eigenvalue weighted by atomic mass is 10.0. The second-order valence-corrected chi connectivity index (χ2v) is 20.1. The van der Waals surface area contributed by atoms with E-state index in [4.69, 9.17) is 0 Å². The summed E-state index contributed by atoms with van der Waals surface area (Å²) in [5.41, 5.74) is 0. The minimum Gasteiger partial charge on any atom is -0.394 e. The number of nitrogens with one attached hydrogen (secondary N) is 1. The van der Waals surface area contributed by atoms with Gasteiger partial charge in [-0.15, -0.1) is 0 Å². The highest BCUT2D eigenvalue weighted by Crippen LogP contribution is 2.17. The van der Waals surface area contributed by atoms with Crippen LogP contribution in [0.1, 0.15) is 322 Å². The quantitative estimate of drug-likeness (QED) is 0.0421. The zero-order chi connectivity index (χ0) is 46.3. The summed E-state index contributed by atoms with van der Waals surface area (Å²) in [6.07, 6.45) is 76.3. The summed E-state index contributed by atoms with van der Waals surface area (Å²) in [7, 11) is 0. The molecule has 0 saturated heterocycles. The Balaban J connectivity index is 3.37. The first kappa shape index (κ1) is 62.6. The van der Waals surface area contributed by atoms with Crippen LogP contribution in [0.25, 0.3) is 0 Å². The first-order valence-corrected chi connectivity index (χ1v) is 29.2. The summed E-state index contributed by atoms with van der Waals surface area (Å²) in [5.74, 6) is -0.0692. The third-order valence-electron chi connectivity index (χ3n) is 13.6. The predicted molar refractivity (Wildman–Crippen MR) is 285 cm³/mol. The van der Waals surface area contributed by atoms with Crippen LogP contribution in [0.5, 0.6) is 0 Å². The summed E-state index contributed by atoms with van der Waals surface area (Å²) in [6, 6.07) is -0.636. The number of hydrogen-bond donors (Lipinski definition) is 3. The van der Waals surface area contributed by atoms with Gasteiger partial charge in [-0.1, -0.05) is 294 Å². The van der Waals surface area contributed by atoms with Gasteiger partial charge in [0.2, 0.25) is 5.91 Å². The number of allylic oxidation sites excluding steroid dienone is 5. The SMILES string of the molecule is CCCCCCCCC/C=C/CC/C=C/C(O)C(CO)NC(=O)CCCCCCCCCCCCCCCCCCCCCCCCCCCCC/C=C\CCCCCCCCCC. The van der Waals surface area contributed by atoms with E-state index in [0.29, 0.717) is 6.42 Å². The normalized spacial score (nSPS) is 13.0. The lowest BCUT2D eigenvalue weighted by Crippen LogP contribution is -2.45. The van der Waals surface area contributed by atoms with E-state index >= 15 is 0 Å². The molecule has 0 aromatic rings. The Bertz CT molecular complexity index is 974. The van der Waals surface area contributed by atoms with Gasteiger partial charge >= 0.3 is 0 Å². The zero-order valence-electron chi connectivity index (χ0n) is 43.6. The largest absolute Gasteiger partial charge is 0.394 e. The zero-order valence-corrected chi connectivity index (χ0v) is 43.6. The highest BCUT2D eigenvalue weighted by Gasteiger charge is 2.18. The maximum absolute atomic E-state index is 12.4. The Hall–Kier alpha value is -1.39. The second-order valence-electron chi connectivity index (χ2n) is 20.1. The first-order chi connectivity index (χ1) is 31.7. The fourth-order valence-corrected chi connectivity index (χ4v) is 9.13. The molecule has 0 saturated carbocycles. The fraction of sp³-hybridized carbons (Fsp3) is 0.883. The number of carbonyl (C=O) groups is 1. The summed E-state index contributed by atoms with van der Waals surface area (Å²) in [4.78, 5) is 12.4. The third kappa shape index (κ3) is 51.6. The first-order valence-electron chi connectivity index (χ1n) is 29.2. The van der Waals surface area contributed by atoms with E-state index in [9.17, 15) is 15.0 Å². The Kier molecular flexibility index (Phi) is 54.7. The van der Waals surface area contributed by atoms with Gasteiger partial charge in [-0.05, 0) is 57.8 Å². The number of aliphatic hydroxyl groups is 2. The molecule has 4 nitrogen and oxygen atoms in total. The molecule has 1 amide bonds. The maximum atomic E-state index is 12.4. The summed E-state index contributed by atoms with van der Waals surface area (Å²) >= 11 is 0. The van der Waals surface area contributed by atoms with E-state index in [-0.39, 0.29) is 12.5 Å². The molecule has 0 aliphatic heterocycles. The van der Waals surface area contributed by atoms with Gasteiger partial charge in [0.1, 0.15) is 0 Å². The van der Waals surface area contributed by atoms with E-state index in [2.05, 4.69) is 43.5 Å². The van der Waals surface area contributed by atoms with Crippen LogP contribution in [0.3, 0.4) is 0 Å². The standard InChI is InChI=1S/C60H115NO3/c1-3-5-7-9-11-13-15-17-18-19-20-21-22-23-24-25-26-27-28-29-30-31-32-33-34-35-36-37-38-39-40-41-42-44-46-48-50-52-54-56-60(64)61-58(57-62)59(63)55-53-51-49-47-45-43-16-14-12-10-8-6-4-2/h19-20,45,47,53,55,58-59,62-63H,3-18,21-44,46,48-52,54,56-57H2,1-2H3,(H,61,64)/b20-19-,47-45+,55-53+. The van der Waals surface area contributed by atoms with Gasteiger partial charge in [-0.2, -0.15) is 0 Å². The van der Waals surface area contributed by atoms with Crippen LogP contribution in [0, 0.1) is 0 Å². The smallest absolute Gasteiger partial charge is 0.220 e. The van der Waals surface area contributed by atoms with Gasteiger partial charge in [0, 0.05) is 6.42 Å². The molecule has 0 rings (SSSR count). The van der Waals surface area contributed by atoms with Crippen LogP contribution in [0.4, 0.5) is 0 Å². The Morgan fingerprint density at radius 2 is 0.609 bits per heavy atom. The van der Waals surface area contributed by atoms with Crippen LogP contribution in [-0.4, -0.2) is 34.9 Å². The maximum Gasteiger partial charge on any atom is 0.220 e. The predicted octanol–water partition coefficient (Wildman–Crippen LogP) is 19.3. The molecule has 4 heteroatoms. The van der Waals surface area contributed by atoms with Crippen molar-refractivity contribution in [3.8, 4) is 0 Å². The number of carbonyl (C=O) groups excluding carboxylic acids is 1. The number of hydrogen-bond acceptors (Lipinski definition) is 3. The minimum atomic E-state index is -0.859. The molecule has 2 unspecified atom stereocenters. The summed E-state index contributed by atoms with van der Waals surface area (Å²) in [6.45, 7) is 4.30. The average Bonchev–Trinajstić information content (AvgIpc) is 3.30. The van der Waals surface area contributed by atoms with Crippen molar-refractivity contribution >= 4 is 5.91 Å². The van der Waals surface area contributed by atoms with Gasteiger partial charge in [0.25, 0.3) is 0 Å². The van der Waals surface area contributed by atoms with Gasteiger partial charge in [0.05, 0.1) is 18.8 Å². The van der Waals surface area contributed by atoms with Crippen molar-refractivity contribution in [3.63, 3.8) is 0 Å². The monoisotopic (exact) mass is 898 g/mol. The fourth-order valence-electron chi connectivity index (χ4n) is 9.13. The molecule has 0 aromatic carbocycles. The molecule has 0 fully saturated rings. The average molecular weight is 899 g/mol. The molecular formula is C60H115NO3. The van der Waals surface area contributed by atoms with Crippen LogP contribution >= 0.6 is 0 Å². The number of amides is 1. The van der Waals surface area contributed by atoms with Crippen LogP contribution < -0.4 is 5.32 Å². The molecule has 64 heavy (non-hydrogen) atoms. The van der Waals surface area contributed by atoms with Crippen molar-refractivity contribution in [2.24, 2.45) is 0 Å². The van der Waals surface area contributed by atoms with E-state index in [1.165, 1.54) is 270 Å². The van der Waals surface area contributed by atoms with E-state index in [0.717, 1.165) is 32.1 Å². The van der Waals surface area contributed by atoms with Crippen molar-refractivity contribution in [1.29, 1.82) is 0 Å². The van der Waals surface area contributed by atoms with Gasteiger partial charge in [-0.3, -0.25) is 4.79 Å². The van der Waals surface area contributed by atoms with Crippen molar-refractivity contribution < 1.29 is 15.0 Å². The molecule has 0 aliphatic rings. The lowest BCUT2D eigenvalue weighted by Gasteiger charge is -2.19. The molecule has 0 bridgehead atoms. The Morgan fingerprint density at radius 3 is 0.906 bits per heavy atom. The number of aliphatic hydroxyl groups excluding tert-OH is 2. The van der Waals surface area contributed by atoms with Gasteiger partial charge < -0.3 is 15.5 Å². The molecule has 2 atom stereocenters. The Morgan fingerprint density at radius 1 is 0.359 bits per heavy atom. The molecule has 0 aliphatic carbocycles. The van der Waals surface area contributed by atoms with E-state index < -0.39 is 12.1 Å². The van der Waals surface area contributed by atoms with Crippen molar-refractivity contribution in [2.75, 3.05) is 6.61 Å². The second kappa shape index (κ2) is 55.9. The molecule has 0 spiro atoms. The van der Waals surface area contributed by atoms with E-state index in [1.54, 1.807) is 6.08 Å². The van der Waals surface area contributed by atoms with Crippen LogP contribution in [0.15, 0.2) is 36.5 Å². The topological polar surface area (TPSA) is 69.6 Å². The molecule has 0 heterocycles. The highest BCUT2D eigenvalue weighted by molar-refractivity contribution is 5.76. The van der Waals surface area contributed by atoms with Crippen molar-refractivity contribution in [2.45, 2.75) is 334 Å². The van der Waals surface area contributed by atoms with Gasteiger partial charge in [0.15, 0.2) is 0 Å². The minimum absolute atomic E-state index is 0.0692. The number of rotatable bonds is 54. The Labute approximate surface area is 402 Å². The molecule has 378 valence electrons. The molecule has 0 radical (unpaired) electrons. The van der Waals surface area contributed by atoms with Crippen molar-refractivity contribution in [3.05, 3.63) is 36.5 Å².